The Balaban J connectivity index is 1.62. The SMILES string of the molecule is CC(C)CCN1CCN(C(=O)c2ccc(NC3CC3)c([N+](=O)[O-])c2)CC1. The number of piperazine rings is 1. The number of hydrogen-bond donors (Lipinski definition) is 1. The maximum atomic E-state index is 12.8. The monoisotopic (exact) mass is 360 g/mol. The van der Waals surface area contributed by atoms with E-state index in [0.29, 0.717) is 36.3 Å². The van der Waals surface area contributed by atoms with Gasteiger partial charge >= 0.3 is 0 Å². The highest BCUT2D eigenvalue weighted by Crippen LogP contribution is 2.31. The maximum absolute atomic E-state index is 12.8. The summed E-state index contributed by atoms with van der Waals surface area (Å²) in [5.74, 6) is 0.563. The standard InChI is InChI=1S/C19H28N4O3/c1-14(2)7-8-21-9-11-22(12-10-21)19(24)15-3-6-17(20-16-4-5-16)18(13-15)23(25)26/h3,6,13-14,16,20H,4-5,7-12H2,1-2H3. The lowest BCUT2D eigenvalue weighted by Gasteiger charge is -2.35. The second kappa shape index (κ2) is 8.03. The van der Waals surface area contributed by atoms with Crippen LogP contribution in [-0.4, -0.2) is 59.4 Å². The highest BCUT2D eigenvalue weighted by atomic mass is 16.6. The van der Waals surface area contributed by atoms with Crippen molar-refractivity contribution in [3.05, 3.63) is 33.9 Å². The van der Waals surface area contributed by atoms with Crippen LogP contribution in [0.5, 0.6) is 0 Å². The molecular weight excluding hydrogens is 332 g/mol. The van der Waals surface area contributed by atoms with Gasteiger partial charge in [-0.1, -0.05) is 13.8 Å². The predicted molar refractivity (Wildman–Crippen MR) is 102 cm³/mol. The molecule has 0 aromatic heterocycles. The summed E-state index contributed by atoms with van der Waals surface area (Å²) in [5.41, 5.74) is 0.888. The number of nitro benzene ring substituents is 1. The first kappa shape index (κ1) is 18.6. The molecule has 0 atom stereocenters. The van der Waals surface area contributed by atoms with E-state index in [1.807, 2.05) is 0 Å². The molecule has 1 saturated carbocycles. The second-order valence-electron chi connectivity index (χ2n) is 7.72. The van der Waals surface area contributed by atoms with Crippen LogP contribution in [0.3, 0.4) is 0 Å². The van der Waals surface area contributed by atoms with Crippen molar-refractivity contribution in [1.29, 1.82) is 0 Å². The molecule has 2 aliphatic rings. The van der Waals surface area contributed by atoms with Gasteiger partial charge < -0.3 is 10.2 Å². The first-order valence-electron chi connectivity index (χ1n) is 9.50. The second-order valence-corrected chi connectivity index (χ2v) is 7.72. The van der Waals surface area contributed by atoms with Gasteiger partial charge in [-0.25, -0.2) is 0 Å². The predicted octanol–water partition coefficient (Wildman–Crippen LogP) is 2.97. The molecule has 1 aliphatic heterocycles. The lowest BCUT2D eigenvalue weighted by molar-refractivity contribution is -0.384. The fourth-order valence-electron chi connectivity index (χ4n) is 3.18. The Morgan fingerprint density at radius 2 is 1.96 bits per heavy atom. The molecule has 1 N–H and O–H groups in total. The Morgan fingerprint density at radius 1 is 1.27 bits per heavy atom. The summed E-state index contributed by atoms with van der Waals surface area (Å²) in [6.45, 7) is 8.57. The third-order valence-corrected chi connectivity index (χ3v) is 5.06. The van der Waals surface area contributed by atoms with Crippen molar-refractivity contribution in [2.24, 2.45) is 5.92 Å². The van der Waals surface area contributed by atoms with Gasteiger partial charge in [-0.15, -0.1) is 0 Å². The highest BCUT2D eigenvalue weighted by molar-refractivity contribution is 5.95. The molecule has 1 saturated heterocycles. The van der Waals surface area contributed by atoms with E-state index in [0.717, 1.165) is 38.9 Å². The Morgan fingerprint density at radius 3 is 2.54 bits per heavy atom. The molecule has 2 fully saturated rings. The van der Waals surface area contributed by atoms with Gasteiger partial charge in [0.2, 0.25) is 0 Å². The van der Waals surface area contributed by atoms with Crippen molar-refractivity contribution in [3.8, 4) is 0 Å². The first-order valence-corrected chi connectivity index (χ1v) is 9.50. The van der Waals surface area contributed by atoms with Crippen LogP contribution in [0.1, 0.15) is 43.5 Å². The Labute approximate surface area is 154 Å². The number of amides is 1. The zero-order valence-electron chi connectivity index (χ0n) is 15.6. The number of nitrogens with zero attached hydrogens (tertiary/aromatic N) is 3. The van der Waals surface area contributed by atoms with Gasteiger partial charge in [-0.2, -0.15) is 0 Å². The molecule has 26 heavy (non-hydrogen) atoms. The van der Waals surface area contributed by atoms with Crippen LogP contribution in [-0.2, 0) is 0 Å². The van der Waals surface area contributed by atoms with E-state index in [-0.39, 0.29) is 11.6 Å². The van der Waals surface area contributed by atoms with E-state index in [9.17, 15) is 14.9 Å². The molecule has 0 radical (unpaired) electrons. The van der Waals surface area contributed by atoms with Gasteiger partial charge in [0.05, 0.1) is 4.92 Å². The number of nitro groups is 1. The number of benzene rings is 1. The largest absolute Gasteiger partial charge is 0.377 e. The fraction of sp³-hybridized carbons (Fsp3) is 0.632. The summed E-state index contributed by atoms with van der Waals surface area (Å²) in [4.78, 5) is 27.9. The molecule has 3 rings (SSSR count). The Hall–Kier alpha value is -2.15. The van der Waals surface area contributed by atoms with Crippen LogP contribution < -0.4 is 5.32 Å². The summed E-state index contributed by atoms with van der Waals surface area (Å²) < 4.78 is 0. The normalized spacial score (nSPS) is 18.2. The van der Waals surface area contributed by atoms with Gasteiger partial charge in [-0.05, 0) is 43.9 Å². The minimum absolute atomic E-state index is 0.0154. The number of anilines is 1. The van der Waals surface area contributed by atoms with Crippen molar-refractivity contribution < 1.29 is 9.72 Å². The molecule has 1 aliphatic carbocycles. The van der Waals surface area contributed by atoms with E-state index in [1.165, 1.54) is 6.07 Å². The molecule has 0 unspecified atom stereocenters. The van der Waals surface area contributed by atoms with E-state index < -0.39 is 4.92 Å². The van der Waals surface area contributed by atoms with Crippen molar-refractivity contribution in [3.63, 3.8) is 0 Å². The van der Waals surface area contributed by atoms with Crippen LogP contribution in [0.4, 0.5) is 11.4 Å². The van der Waals surface area contributed by atoms with E-state index in [1.54, 1.807) is 17.0 Å². The van der Waals surface area contributed by atoms with Gasteiger partial charge in [0.15, 0.2) is 0 Å². The van der Waals surface area contributed by atoms with Crippen LogP contribution in [0.25, 0.3) is 0 Å². The Bertz CT molecular complexity index is 665. The molecule has 1 heterocycles. The number of nitrogens with one attached hydrogen (secondary N) is 1. The zero-order valence-corrected chi connectivity index (χ0v) is 15.6. The minimum atomic E-state index is -0.411. The molecule has 0 bridgehead atoms. The minimum Gasteiger partial charge on any atom is -0.377 e. The third-order valence-electron chi connectivity index (χ3n) is 5.06. The van der Waals surface area contributed by atoms with Gasteiger partial charge in [0.1, 0.15) is 5.69 Å². The van der Waals surface area contributed by atoms with Crippen LogP contribution in [0, 0.1) is 16.0 Å². The number of carbonyl (C=O) groups is 1. The average molecular weight is 360 g/mol. The molecule has 142 valence electrons. The van der Waals surface area contributed by atoms with Crippen LogP contribution in [0.15, 0.2) is 18.2 Å². The van der Waals surface area contributed by atoms with Crippen molar-refractivity contribution in [2.45, 2.75) is 39.2 Å². The van der Waals surface area contributed by atoms with E-state index in [4.69, 9.17) is 0 Å². The lowest BCUT2D eigenvalue weighted by atomic mass is 10.1. The van der Waals surface area contributed by atoms with Gasteiger partial charge in [-0.3, -0.25) is 19.8 Å². The fourth-order valence-corrected chi connectivity index (χ4v) is 3.18. The maximum Gasteiger partial charge on any atom is 0.293 e. The third kappa shape index (κ3) is 4.72. The van der Waals surface area contributed by atoms with Crippen molar-refractivity contribution in [1.82, 2.24) is 9.80 Å². The molecule has 7 heteroatoms. The van der Waals surface area contributed by atoms with Crippen molar-refractivity contribution in [2.75, 3.05) is 38.0 Å². The Kier molecular flexibility index (Phi) is 5.76. The van der Waals surface area contributed by atoms with E-state index in [2.05, 4.69) is 24.1 Å². The number of hydrogen-bond acceptors (Lipinski definition) is 5. The molecular formula is C19H28N4O3. The molecule has 1 aromatic rings. The van der Waals surface area contributed by atoms with Gasteiger partial charge in [0.25, 0.3) is 11.6 Å². The van der Waals surface area contributed by atoms with Crippen molar-refractivity contribution >= 4 is 17.3 Å². The average Bonchev–Trinajstić information content (AvgIpc) is 3.44. The number of rotatable bonds is 7. The first-order chi connectivity index (χ1) is 12.4. The summed E-state index contributed by atoms with van der Waals surface area (Å²) in [5, 5.41) is 14.5. The molecule has 0 spiro atoms. The summed E-state index contributed by atoms with van der Waals surface area (Å²) in [6.07, 6.45) is 3.24. The van der Waals surface area contributed by atoms with E-state index >= 15 is 0 Å². The van der Waals surface area contributed by atoms with Crippen LogP contribution >= 0.6 is 0 Å². The van der Waals surface area contributed by atoms with Crippen LogP contribution in [0.2, 0.25) is 0 Å². The summed E-state index contributed by atoms with van der Waals surface area (Å²) in [6, 6.07) is 5.11. The quantitative estimate of drug-likeness (QED) is 0.597. The molecule has 7 nitrogen and oxygen atoms in total. The highest BCUT2D eigenvalue weighted by Gasteiger charge is 2.27. The van der Waals surface area contributed by atoms with Gasteiger partial charge in [0, 0.05) is 43.9 Å². The summed E-state index contributed by atoms with van der Waals surface area (Å²) in [7, 11) is 0. The molecule has 1 aromatic carbocycles. The topological polar surface area (TPSA) is 78.7 Å². The lowest BCUT2D eigenvalue weighted by Crippen LogP contribution is -2.49. The number of carbonyl (C=O) groups excluding carboxylic acids is 1. The zero-order chi connectivity index (χ0) is 18.7. The summed E-state index contributed by atoms with van der Waals surface area (Å²) >= 11 is 0. The molecule has 1 amide bonds. The smallest absolute Gasteiger partial charge is 0.293 e.